The van der Waals surface area contributed by atoms with Gasteiger partial charge in [0.25, 0.3) is 0 Å². The lowest BCUT2D eigenvalue weighted by atomic mass is 10.1. The van der Waals surface area contributed by atoms with E-state index in [2.05, 4.69) is 12.2 Å². The van der Waals surface area contributed by atoms with Crippen molar-refractivity contribution in [1.29, 1.82) is 0 Å². The standard InChI is InChI=1S/C14H24N2O2/c1-4-11(8-15)9-16-10-12-5-6-13(17-2)7-14(12)18-3/h5-7,11,16H,4,8-10,15H2,1-3H3. The maximum Gasteiger partial charge on any atom is 0.127 e. The molecule has 1 aromatic rings. The molecule has 0 aliphatic carbocycles. The highest BCUT2D eigenvalue weighted by Crippen LogP contribution is 2.24. The van der Waals surface area contributed by atoms with E-state index < -0.39 is 0 Å². The van der Waals surface area contributed by atoms with Gasteiger partial charge in [0, 0.05) is 18.2 Å². The van der Waals surface area contributed by atoms with Crippen LogP contribution in [-0.4, -0.2) is 27.3 Å². The number of nitrogens with one attached hydrogen (secondary N) is 1. The molecule has 1 unspecified atom stereocenters. The Morgan fingerprint density at radius 2 is 2.06 bits per heavy atom. The molecule has 0 saturated heterocycles. The topological polar surface area (TPSA) is 56.5 Å². The van der Waals surface area contributed by atoms with Crippen molar-refractivity contribution in [3.05, 3.63) is 23.8 Å². The van der Waals surface area contributed by atoms with E-state index in [1.54, 1.807) is 14.2 Å². The third-order valence-electron chi connectivity index (χ3n) is 3.15. The normalized spacial score (nSPS) is 12.2. The molecule has 102 valence electrons. The van der Waals surface area contributed by atoms with Crippen molar-refractivity contribution in [3.63, 3.8) is 0 Å². The van der Waals surface area contributed by atoms with E-state index in [9.17, 15) is 0 Å². The first-order chi connectivity index (χ1) is 8.74. The Morgan fingerprint density at radius 3 is 2.61 bits per heavy atom. The Bertz CT molecular complexity index is 352. The summed E-state index contributed by atoms with van der Waals surface area (Å²) in [6.45, 7) is 4.60. The lowest BCUT2D eigenvalue weighted by molar-refractivity contribution is 0.388. The fraction of sp³-hybridized carbons (Fsp3) is 0.571. The maximum atomic E-state index is 5.68. The van der Waals surface area contributed by atoms with Crippen LogP contribution in [0.2, 0.25) is 0 Å². The van der Waals surface area contributed by atoms with E-state index in [-0.39, 0.29) is 0 Å². The van der Waals surface area contributed by atoms with Gasteiger partial charge in [0.1, 0.15) is 11.5 Å². The zero-order chi connectivity index (χ0) is 13.4. The van der Waals surface area contributed by atoms with Gasteiger partial charge in [-0.3, -0.25) is 0 Å². The number of ether oxygens (including phenoxy) is 2. The number of hydrogen-bond acceptors (Lipinski definition) is 4. The minimum atomic E-state index is 0.536. The van der Waals surface area contributed by atoms with Crippen LogP contribution in [0.1, 0.15) is 18.9 Å². The van der Waals surface area contributed by atoms with Crippen LogP contribution in [-0.2, 0) is 6.54 Å². The zero-order valence-corrected chi connectivity index (χ0v) is 11.5. The summed E-state index contributed by atoms with van der Waals surface area (Å²) in [6.07, 6.45) is 1.10. The largest absolute Gasteiger partial charge is 0.497 e. The zero-order valence-electron chi connectivity index (χ0n) is 11.5. The fourth-order valence-corrected chi connectivity index (χ4v) is 1.80. The van der Waals surface area contributed by atoms with Gasteiger partial charge in [-0.25, -0.2) is 0 Å². The quantitative estimate of drug-likeness (QED) is 0.740. The molecule has 1 aromatic carbocycles. The Hall–Kier alpha value is -1.26. The molecule has 4 heteroatoms. The van der Waals surface area contributed by atoms with Crippen molar-refractivity contribution in [1.82, 2.24) is 5.32 Å². The molecule has 0 bridgehead atoms. The monoisotopic (exact) mass is 252 g/mol. The Morgan fingerprint density at radius 1 is 1.28 bits per heavy atom. The molecule has 18 heavy (non-hydrogen) atoms. The van der Waals surface area contributed by atoms with E-state index in [0.29, 0.717) is 5.92 Å². The molecule has 0 aliphatic rings. The molecule has 3 N–H and O–H groups in total. The Balaban J connectivity index is 2.56. The number of benzene rings is 1. The third-order valence-corrected chi connectivity index (χ3v) is 3.15. The van der Waals surface area contributed by atoms with Gasteiger partial charge in [0.2, 0.25) is 0 Å². The molecule has 0 radical (unpaired) electrons. The Labute approximate surface area is 109 Å². The first-order valence-electron chi connectivity index (χ1n) is 6.36. The van der Waals surface area contributed by atoms with E-state index in [1.165, 1.54) is 0 Å². The van der Waals surface area contributed by atoms with Gasteiger partial charge >= 0.3 is 0 Å². The lowest BCUT2D eigenvalue weighted by Gasteiger charge is -2.15. The van der Waals surface area contributed by atoms with Crippen molar-refractivity contribution < 1.29 is 9.47 Å². The minimum absolute atomic E-state index is 0.536. The average Bonchev–Trinajstić information content (AvgIpc) is 2.43. The van der Waals surface area contributed by atoms with Crippen LogP contribution < -0.4 is 20.5 Å². The van der Waals surface area contributed by atoms with Gasteiger partial charge in [-0.1, -0.05) is 19.4 Å². The maximum absolute atomic E-state index is 5.68. The summed E-state index contributed by atoms with van der Waals surface area (Å²) in [7, 11) is 3.33. The first kappa shape index (κ1) is 14.8. The van der Waals surface area contributed by atoms with Crippen molar-refractivity contribution in [2.75, 3.05) is 27.3 Å². The molecule has 0 saturated carbocycles. The van der Waals surface area contributed by atoms with Crippen molar-refractivity contribution in [2.45, 2.75) is 19.9 Å². The van der Waals surface area contributed by atoms with Gasteiger partial charge < -0.3 is 20.5 Å². The smallest absolute Gasteiger partial charge is 0.127 e. The summed E-state index contributed by atoms with van der Waals surface area (Å²) >= 11 is 0. The number of rotatable bonds is 8. The van der Waals surface area contributed by atoms with Crippen molar-refractivity contribution in [2.24, 2.45) is 11.7 Å². The predicted molar refractivity (Wildman–Crippen MR) is 74.1 cm³/mol. The number of methoxy groups -OCH3 is 2. The highest BCUT2D eigenvalue weighted by atomic mass is 16.5. The molecular formula is C14H24N2O2. The fourth-order valence-electron chi connectivity index (χ4n) is 1.80. The minimum Gasteiger partial charge on any atom is -0.497 e. The summed E-state index contributed by atoms with van der Waals surface area (Å²) in [6, 6.07) is 5.87. The average molecular weight is 252 g/mol. The molecule has 1 rings (SSSR count). The number of hydrogen-bond donors (Lipinski definition) is 2. The van der Waals surface area contributed by atoms with Crippen LogP contribution in [0.15, 0.2) is 18.2 Å². The molecule has 0 amide bonds. The number of nitrogens with two attached hydrogens (primary N) is 1. The predicted octanol–water partition coefficient (Wildman–Crippen LogP) is 1.78. The highest BCUT2D eigenvalue weighted by Gasteiger charge is 2.06. The second-order valence-corrected chi connectivity index (χ2v) is 4.32. The lowest BCUT2D eigenvalue weighted by Crippen LogP contribution is -2.27. The highest BCUT2D eigenvalue weighted by molar-refractivity contribution is 5.40. The second kappa shape index (κ2) is 7.95. The second-order valence-electron chi connectivity index (χ2n) is 4.32. The Kier molecular flexibility index (Phi) is 6.54. The van der Waals surface area contributed by atoms with Crippen molar-refractivity contribution in [3.8, 4) is 11.5 Å². The molecular weight excluding hydrogens is 228 g/mol. The van der Waals surface area contributed by atoms with Crippen LogP contribution >= 0.6 is 0 Å². The van der Waals surface area contributed by atoms with E-state index in [4.69, 9.17) is 15.2 Å². The molecule has 0 spiro atoms. The van der Waals surface area contributed by atoms with E-state index >= 15 is 0 Å². The molecule has 0 heterocycles. The molecule has 0 aromatic heterocycles. The first-order valence-corrected chi connectivity index (χ1v) is 6.36. The van der Waals surface area contributed by atoms with Crippen LogP contribution in [0.5, 0.6) is 11.5 Å². The molecule has 4 nitrogen and oxygen atoms in total. The van der Waals surface area contributed by atoms with Crippen LogP contribution in [0.4, 0.5) is 0 Å². The molecule has 0 aliphatic heterocycles. The molecule has 0 fully saturated rings. The van der Waals surface area contributed by atoms with Gasteiger partial charge in [-0.15, -0.1) is 0 Å². The van der Waals surface area contributed by atoms with Gasteiger partial charge in [0.15, 0.2) is 0 Å². The van der Waals surface area contributed by atoms with E-state index in [0.717, 1.165) is 43.1 Å². The summed E-state index contributed by atoms with van der Waals surface area (Å²) in [5.41, 5.74) is 6.81. The summed E-state index contributed by atoms with van der Waals surface area (Å²) in [4.78, 5) is 0. The summed E-state index contributed by atoms with van der Waals surface area (Å²) < 4.78 is 10.5. The summed E-state index contributed by atoms with van der Waals surface area (Å²) in [5, 5.41) is 3.41. The SMILES string of the molecule is CCC(CN)CNCc1ccc(OC)cc1OC. The van der Waals surface area contributed by atoms with E-state index in [1.807, 2.05) is 18.2 Å². The van der Waals surface area contributed by atoms with Gasteiger partial charge in [-0.05, 0) is 25.1 Å². The van der Waals surface area contributed by atoms with Gasteiger partial charge in [0.05, 0.1) is 14.2 Å². The van der Waals surface area contributed by atoms with Crippen LogP contribution in [0, 0.1) is 5.92 Å². The summed E-state index contributed by atoms with van der Waals surface area (Å²) in [5.74, 6) is 2.20. The van der Waals surface area contributed by atoms with Crippen LogP contribution in [0.3, 0.4) is 0 Å². The van der Waals surface area contributed by atoms with Crippen molar-refractivity contribution >= 4 is 0 Å². The van der Waals surface area contributed by atoms with Gasteiger partial charge in [-0.2, -0.15) is 0 Å². The third kappa shape index (κ3) is 4.20. The van der Waals surface area contributed by atoms with Crippen LogP contribution in [0.25, 0.3) is 0 Å². The molecule has 1 atom stereocenters.